The van der Waals surface area contributed by atoms with Gasteiger partial charge < -0.3 is 4.57 Å². The maximum Gasteiger partial charge on any atom is 0.293 e. The normalized spacial score (nSPS) is 15.4. The summed E-state index contributed by atoms with van der Waals surface area (Å²) >= 11 is 0.896. The van der Waals surface area contributed by atoms with E-state index in [1.165, 1.54) is 11.6 Å². The van der Waals surface area contributed by atoms with Gasteiger partial charge in [0.25, 0.3) is 11.1 Å². The molecule has 158 valence electrons. The second-order valence-corrected chi connectivity index (χ2v) is 8.50. The molecule has 0 aliphatic carbocycles. The maximum absolute atomic E-state index is 14.0. The van der Waals surface area contributed by atoms with Gasteiger partial charge in [-0.1, -0.05) is 43.3 Å². The van der Waals surface area contributed by atoms with E-state index < -0.39 is 11.7 Å². The van der Waals surface area contributed by atoms with Gasteiger partial charge in [-0.05, 0) is 67.4 Å². The van der Waals surface area contributed by atoms with Crippen molar-refractivity contribution in [2.75, 3.05) is 0 Å². The second kappa shape index (κ2) is 8.55. The van der Waals surface area contributed by atoms with Gasteiger partial charge in [0.2, 0.25) is 0 Å². The van der Waals surface area contributed by atoms with Gasteiger partial charge in [0.1, 0.15) is 5.82 Å². The van der Waals surface area contributed by atoms with E-state index in [0.29, 0.717) is 10.5 Å². The van der Waals surface area contributed by atoms with Crippen LogP contribution in [0, 0.1) is 19.7 Å². The highest BCUT2D eigenvalue weighted by atomic mass is 32.2. The van der Waals surface area contributed by atoms with Crippen LogP contribution in [-0.4, -0.2) is 20.6 Å². The summed E-state index contributed by atoms with van der Waals surface area (Å²) in [6, 6.07) is 16.5. The Morgan fingerprint density at radius 1 is 1.00 bits per heavy atom. The summed E-state index contributed by atoms with van der Waals surface area (Å²) in [7, 11) is 0. The molecule has 0 radical (unpaired) electrons. The van der Waals surface area contributed by atoms with Crippen molar-refractivity contribution in [2.45, 2.75) is 33.7 Å². The van der Waals surface area contributed by atoms with E-state index in [1.807, 2.05) is 32.0 Å². The molecule has 0 atom stereocenters. The molecular formula is C25H23FN2O2S. The Hall–Kier alpha value is -3.12. The highest BCUT2D eigenvalue weighted by Crippen LogP contribution is 2.35. The number of imide groups is 1. The fourth-order valence-electron chi connectivity index (χ4n) is 3.91. The first-order valence-electron chi connectivity index (χ1n) is 10.2. The average Bonchev–Trinajstić information content (AvgIpc) is 3.18. The number of aromatic nitrogens is 1. The third-order valence-electron chi connectivity index (χ3n) is 5.53. The fraction of sp³-hybridized carbons (Fsp3) is 0.200. The number of aryl methyl sites for hydroxylation is 2. The topological polar surface area (TPSA) is 42.3 Å². The molecular weight excluding hydrogens is 411 g/mol. The second-order valence-electron chi connectivity index (χ2n) is 7.50. The van der Waals surface area contributed by atoms with Crippen LogP contribution in [0.2, 0.25) is 0 Å². The molecule has 0 saturated carbocycles. The largest absolute Gasteiger partial charge is 0.318 e. The van der Waals surface area contributed by atoms with E-state index >= 15 is 0 Å². The molecule has 1 aromatic heterocycles. The molecule has 1 fully saturated rings. The summed E-state index contributed by atoms with van der Waals surface area (Å²) in [6.45, 7) is 6.09. The number of rotatable bonds is 5. The van der Waals surface area contributed by atoms with Crippen molar-refractivity contribution in [3.05, 3.63) is 93.4 Å². The Bertz CT molecular complexity index is 1210. The molecule has 0 bridgehead atoms. The monoisotopic (exact) mass is 434 g/mol. The zero-order valence-corrected chi connectivity index (χ0v) is 18.5. The van der Waals surface area contributed by atoms with Gasteiger partial charge in [0, 0.05) is 22.6 Å². The van der Waals surface area contributed by atoms with Crippen molar-refractivity contribution in [2.24, 2.45) is 0 Å². The molecule has 4 rings (SSSR count). The summed E-state index contributed by atoms with van der Waals surface area (Å²) < 4.78 is 16.2. The molecule has 2 aromatic carbocycles. The van der Waals surface area contributed by atoms with Gasteiger partial charge >= 0.3 is 0 Å². The standard InChI is InChI=1S/C25H23FN2O2S/c1-4-18-9-6-8-12-22(18)28-16(2)13-20(17(28)3)14-23-24(29)27(25(30)31-23)15-19-10-5-7-11-21(19)26/h5-14H,4,15H2,1-3H3. The molecule has 0 unspecified atom stereocenters. The summed E-state index contributed by atoms with van der Waals surface area (Å²) in [5.74, 6) is -0.819. The van der Waals surface area contributed by atoms with Gasteiger partial charge in [-0.25, -0.2) is 4.39 Å². The predicted molar refractivity (Wildman–Crippen MR) is 123 cm³/mol. The van der Waals surface area contributed by atoms with Crippen molar-refractivity contribution in [3.8, 4) is 5.69 Å². The third-order valence-corrected chi connectivity index (χ3v) is 6.44. The number of carbonyl (C=O) groups is 2. The number of thioether (sulfide) groups is 1. The summed E-state index contributed by atoms with van der Waals surface area (Å²) in [4.78, 5) is 26.8. The lowest BCUT2D eigenvalue weighted by Crippen LogP contribution is -2.27. The Balaban J connectivity index is 1.66. The number of benzene rings is 2. The minimum atomic E-state index is -0.427. The Morgan fingerprint density at radius 3 is 2.39 bits per heavy atom. The number of nitrogens with zero attached hydrogens (tertiary/aromatic N) is 2. The first kappa shape index (κ1) is 21.1. The van der Waals surface area contributed by atoms with Crippen molar-refractivity contribution >= 4 is 29.0 Å². The molecule has 6 heteroatoms. The Morgan fingerprint density at radius 2 is 1.68 bits per heavy atom. The molecule has 1 aliphatic rings. The van der Waals surface area contributed by atoms with Crippen LogP contribution in [0.4, 0.5) is 9.18 Å². The van der Waals surface area contributed by atoms with Crippen LogP contribution in [0.25, 0.3) is 11.8 Å². The highest BCUT2D eigenvalue weighted by Gasteiger charge is 2.35. The lowest BCUT2D eigenvalue weighted by atomic mass is 10.1. The van der Waals surface area contributed by atoms with Crippen LogP contribution in [0.5, 0.6) is 0 Å². The lowest BCUT2D eigenvalue weighted by Gasteiger charge is -2.14. The Labute approximate surface area is 185 Å². The van der Waals surface area contributed by atoms with Crippen molar-refractivity contribution in [1.82, 2.24) is 9.47 Å². The number of para-hydroxylation sites is 1. The van der Waals surface area contributed by atoms with Gasteiger partial charge in [0.15, 0.2) is 0 Å². The van der Waals surface area contributed by atoms with E-state index in [2.05, 4.69) is 23.6 Å². The van der Waals surface area contributed by atoms with Crippen LogP contribution < -0.4 is 0 Å². The van der Waals surface area contributed by atoms with Crippen molar-refractivity contribution in [1.29, 1.82) is 0 Å². The quantitative estimate of drug-likeness (QED) is 0.460. The molecule has 3 aromatic rings. The van der Waals surface area contributed by atoms with Crippen LogP contribution in [0.15, 0.2) is 59.5 Å². The molecule has 2 heterocycles. The van der Waals surface area contributed by atoms with E-state index in [0.717, 1.165) is 45.7 Å². The molecule has 4 nitrogen and oxygen atoms in total. The van der Waals surface area contributed by atoms with Gasteiger partial charge in [0.05, 0.1) is 11.4 Å². The molecule has 31 heavy (non-hydrogen) atoms. The van der Waals surface area contributed by atoms with Gasteiger partial charge in [-0.3, -0.25) is 14.5 Å². The predicted octanol–water partition coefficient (Wildman–Crippen LogP) is 6.03. The number of hydrogen-bond acceptors (Lipinski definition) is 3. The number of hydrogen-bond donors (Lipinski definition) is 0. The molecule has 0 spiro atoms. The van der Waals surface area contributed by atoms with Crippen molar-refractivity contribution in [3.63, 3.8) is 0 Å². The minimum Gasteiger partial charge on any atom is -0.318 e. The fourth-order valence-corrected chi connectivity index (χ4v) is 4.74. The SMILES string of the molecule is CCc1ccccc1-n1c(C)cc(C=C2SC(=O)N(Cc3ccccc3F)C2=O)c1C. The van der Waals surface area contributed by atoms with E-state index in [4.69, 9.17) is 0 Å². The summed E-state index contributed by atoms with van der Waals surface area (Å²) in [5, 5.41) is -0.385. The number of halogens is 1. The smallest absolute Gasteiger partial charge is 0.293 e. The number of carbonyl (C=O) groups excluding carboxylic acids is 2. The van der Waals surface area contributed by atoms with Crippen LogP contribution >= 0.6 is 11.8 Å². The molecule has 0 N–H and O–H groups in total. The first-order valence-corrected chi connectivity index (χ1v) is 11.0. The average molecular weight is 435 g/mol. The third kappa shape index (κ3) is 3.95. The zero-order valence-electron chi connectivity index (χ0n) is 17.7. The van der Waals surface area contributed by atoms with Gasteiger partial charge in [-0.2, -0.15) is 0 Å². The van der Waals surface area contributed by atoms with E-state index in [9.17, 15) is 14.0 Å². The first-order chi connectivity index (χ1) is 14.9. The Kier molecular flexibility index (Phi) is 5.83. The highest BCUT2D eigenvalue weighted by molar-refractivity contribution is 8.18. The van der Waals surface area contributed by atoms with Gasteiger partial charge in [-0.15, -0.1) is 0 Å². The van der Waals surface area contributed by atoms with E-state index in [-0.39, 0.29) is 11.8 Å². The summed E-state index contributed by atoms with van der Waals surface area (Å²) in [6.07, 6.45) is 2.68. The maximum atomic E-state index is 14.0. The summed E-state index contributed by atoms with van der Waals surface area (Å²) in [5.41, 5.74) is 5.61. The molecule has 2 amide bonds. The zero-order chi connectivity index (χ0) is 22.1. The lowest BCUT2D eigenvalue weighted by molar-refractivity contribution is -0.123. The van der Waals surface area contributed by atoms with E-state index in [1.54, 1.807) is 24.3 Å². The molecule has 1 saturated heterocycles. The van der Waals surface area contributed by atoms with Crippen molar-refractivity contribution < 1.29 is 14.0 Å². The van der Waals surface area contributed by atoms with Crippen LogP contribution in [0.1, 0.15) is 35.0 Å². The van der Waals surface area contributed by atoms with Crippen LogP contribution in [-0.2, 0) is 17.8 Å². The minimum absolute atomic E-state index is 0.0718. The molecule has 1 aliphatic heterocycles. The number of amides is 2. The van der Waals surface area contributed by atoms with Crippen LogP contribution in [0.3, 0.4) is 0 Å².